The van der Waals surface area contributed by atoms with Gasteiger partial charge in [0, 0.05) is 43.3 Å². The van der Waals surface area contributed by atoms with Gasteiger partial charge >= 0.3 is 0 Å². The van der Waals surface area contributed by atoms with E-state index in [2.05, 4.69) is 25.0 Å². The molecule has 0 aromatic carbocycles. The van der Waals surface area contributed by atoms with Crippen molar-refractivity contribution in [1.29, 1.82) is 0 Å². The van der Waals surface area contributed by atoms with Gasteiger partial charge < -0.3 is 19.5 Å². The number of carbonyl (C=O) groups is 1. The van der Waals surface area contributed by atoms with Gasteiger partial charge in [0.15, 0.2) is 11.0 Å². The number of nitrogens with zero attached hydrogens (tertiary/aromatic N) is 5. The Morgan fingerprint density at radius 1 is 1.22 bits per heavy atom. The predicted molar refractivity (Wildman–Crippen MR) is 101 cm³/mol. The molecule has 0 radical (unpaired) electrons. The van der Waals surface area contributed by atoms with Gasteiger partial charge in [-0.25, -0.2) is 4.98 Å². The van der Waals surface area contributed by atoms with Gasteiger partial charge in [-0.1, -0.05) is 0 Å². The van der Waals surface area contributed by atoms with Crippen LogP contribution in [0.25, 0.3) is 0 Å². The SMILES string of the molecule is O=C(NCc1nnc2n1CCC2)C1CCc2sc(N3CCOCC3)nc2C1. The van der Waals surface area contributed by atoms with Crippen LogP contribution in [0.3, 0.4) is 0 Å². The molecule has 1 atom stereocenters. The fourth-order valence-corrected chi connectivity index (χ4v) is 5.29. The molecule has 1 aliphatic carbocycles. The summed E-state index contributed by atoms with van der Waals surface area (Å²) in [7, 11) is 0. The number of nitrogens with one attached hydrogen (secondary N) is 1. The molecule has 2 aromatic heterocycles. The minimum atomic E-state index is -0.00175. The van der Waals surface area contributed by atoms with E-state index in [-0.39, 0.29) is 11.8 Å². The summed E-state index contributed by atoms with van der Waals surface area (Å²) >= 11 is 1.79. The Bertz CT molecular complexity index is 841. The third-order valence-corrected chi connectivity index (χ3v) is 6.90. The number of fused-ring (bicyclic) bond motifs is 2. The van der Waals surface area contributed by atoms with Crippen molar-refractivity contribution < 1.29 is 9.53 Å². The van der Waals surface area contributed by atoms with E-state index in [0.29, 0.717) is 6.54 Å². The molecule has 27 heavy (non-hydrogen) atoms. The second-order valence-corrected chi connectivity index (χ2v) is 8.47. The maximum Gasteiger partial charge on any atom is 0.223 e. The Morgan fingerprint density at radius 2 is 2.11 bits per heavy atom. The number of hydrogen-bond acceptors (Lipinski definition) is 7. The quantitative estimate of drug-likeness (QED) is 0.839. The number of rotatable bonds is 4. The van der Waals surface area contributed by atoms with Crippen LogP contribution in [0, 0.1) is 5.92 Å². The topological polar surface area (TPSA) is 85.2 Å². The zero-order valence-electron chi connectivity index (χ0n) is 15.3. The Hall–Kier alpha value is -2.00. The van der Waals surface area contributed by atoms with Gasteiger partial charge in [-0.15, -0.1) is 21.5 Å². The zero-order valence-corrected chi connectivity index (χ0v) is 16.1. The molecule has 1 N–H and O–H groups in total. The summed E-state index contributed by atoms with van der Waals surface area (Å²) < 4.78 is 7.56. The number of morpholine rings is 1. The molecule has 144 valence electrons. The summed E-state index contributed by atoms with van der Waals surface area (Å²) in [6.07, 6.45) is 4.67. The molecule has 0 saturated carbocycles. The molecular formula is C18H24N6O2S. The Labute approximate surface area is 161 Å². The third kappa shape index (κ3) is 3.34. The summed E-state index contributed by atoms with van der Waals surface area (Å²) in [5.74, 6) is 2.02. The Kier molecular flexibility index (Phi) is 4.56. The normalized spacial score (nSPS) is 21.8. The largest absolute Gasteiger partial charge is 0.378 e. The monoisotopic (exact) mass is 388 g/mol. The number of ether oxygens (including phenoxy) is 1. The Balaban J connectivity index is 1.21. The van der Waals surface area contributed by atoms with Crippen LogP contribution in [0.15, 0.2) is 0 Å². The van der Waals surface area contributed by atoms with Crippen molar-refractivity contribution in [2.24, 2.45) is 5.92 Å². The van der Waals surface area contributed by atoms with Crippen LogP contribution in [0.4, 0.5) is 5.13 Å². The number of hydrogen-bond donors (Lipinski definition) is 1. The van der Waals surface area contributed by atoms with E-state index in [1.54, 1.807) is 11.3 Å². The highest BCUT2D eigenvalue weighted by atomic mass is 32.1. The molecule has 1 fully saturated rings. The number of amides is 1. The van der Waals surface area contributed by atoms with Crippen LogP contribution in [0.5, 0.6) is 0 Å². The van der Waals surface area contributed by atoms with Crippen LogP contribution in [-0.4, -0.2) is 52.0 Å². The first-order valence-electron chi connectivity index (χ1n) is 9.78. The lowest BCUT2D eigenvalue weighted by Gasteiger charge is -2.26. The molecule has 8 nitrogen and oxygen atoms in total. The van der Waals surface area contributed by atoms with Crippen LogP contribution < -0.4 is 10.2 Å². The van der Waals surface area contributed by atoms with Crippen LogP contribution in [0.1, 0.15) is 35.1 Å². The molecule has 9 heteroatoms. The summed E-state index contributed by atoms with van der Waals surface area (Å²) in [5.41, 5.74) is 1.11. The van der Waals surface area contributed by atoms with Gasteiger partial charge in [0.05, 0.1) is 25.5 Å². The maximum absolute atomic E-state index is 12.7. The lowest BCUT2D eigenvalue weighted by Crippen LogP contribution is -2.36. The van der Waals surface area contributed by atoms with E-state index in [9.17, 15) is 4.79 Å². The molecule has 0 spiro atoms. The maximum atomic E-state index is 12.7. The summed E-state index contributed by atoms with van der Waals surface area (Å²) in [6.45, 7) is 4.76. The van der Waals surface area contributed by atoms with E-state index in [1.807, 2.05) is 0 Å². The number of anilines is 1. The van der Waals surface area contributed by atoms with E-state index < -0.39 is 0 Å². The van der Waals surface area contributed by atoms with Crippen LogP contribution in [-0.2, 0) is 41.9 Å². The number of aryl methyl sites for hydroxylation is 2. The molecule has 2 aromatic rings. The van der Waals surface area contributed by atoms with E-state index in [4.69, 9.17) is 9.72 Å². The Morgan fingerprint density at radius 3 is 3.00 bits per heavy atom. The van der Waals surface area contributed by atoms with Gasteiger partial charge in [-0.05, 0) is 19.3 Å². The molecule has 2 aliphatic heterocycles. The molecule has 1 amide bonds. The molecule has 1 unspecified atom stereocenters. The summed E-state index contributed by atoms with van der Waals surface area (Å²) in [5, 5.41) is 12.6. The van der Waals surface area contributed by atoms with Crippen molar-refractivity contribution in [2.45, 2.75) is 45.2 Å². The fourth-order valence-electron chi connectivity index (χ4n) is 4.13. The van der Waals surface area contributed by atoms with E-state index in [1.165, 1.54) is 4.88 Å². The highest BCUT2D eigenvalue weighted by Crippen LogP contribution is 2.34. The summed E-state index contributed by atoms with van der Waals surface area (Å²) in [4.78, 5) is 21.2. The first-order chi connectivity index (χ1) is 13.3. The second-order valence-electron chi connectivity index (χ2n) is 7.41. The van der Waals surface area contributed by atoms with E-state index >= 15 is 0 Å². The van der Waals surface area contributed by atoms with Crippen molar-refractivity contribution in [3.8, 4) is 0 Å². The standard InChI is InChI=1S/C18H24N6O2S/c25-17(19-11-16-22-21-15-2-1-5-24(15)16)12-3-4-14-13(10-12)20-18(27-14)23-6-8-26-9-7-23/h12H,1-11H2,(H,19,25). The highest BCUT2D eigenvalue weighted by molar-refractivity contribution is 7.15. The van der Waals surface area contributed by atoms with Crippen LogP contribution in [0.2, 0.25) is 0 Å². The van der Waals surface area contributed by atoms with Crippen molar-refractivity contribution in [2.75, 3.05) is 31.2 Å². The van der Waals surface area contributed by atoms with Crippen molar-refractivity contribution in [3.63, 3.8) is 0 Å². The molecule has 4 heterocycles. The number of thiazole rings is 1. The molecule has 3 aliphatic rings. The average molecular weight is 388 g/mol. The summed E-state index contributed by atoms with van der Waals surface area (Å²) in [6, 6.07) is 0. The highest BCUT2D eigenvalue weighted by Gasteiger charge is 2.29. The van der Waals surface area contributed by atoms with Gasteiger partial charge in [-0.2, -0.15) is 0 Å². The van der Waals surface area contributed by atoms with Crippen LogP contribution >= 0.6 is 11.3 Å². The first kappa shape index (κ1) is 17.1. The lowest BCUT2D eigenvalue weighted by atomic mass is 9.90. The fraction of sp³-hybridized carbons (Fsp3) is 0.667. The molecule has 0 bridgehead atoms. The number of aromatic nitrogens is 4. The molecule has 1 saturated heterocycles. The molecular weight excluding hydrogens is 364 g/mol. The van der Waals surface area contributed by atoms with Crippen molar-refractivity contribution in [3.05, 3.63) is 22.2 Å². The zero-order chi connectivity index (χ0) is 18.2. The van der Waals surface area contributed by atoms with Crippen molar-refractivity contribution in [1.82, 2.24) is 25.1 Å². The first-order valence-corrected chi connectivity index (χ1v) is 10.6. The van der Waals surface area contributed by atoms with Gasteiger partial charge in [0.25, 0.3) is 0 Å². The lowest BCUT2D eigenvalue weighted by molar-refractivity contribution is -0.125. The van der Waals surface area contributed by atoms with Gasteiger partial charge in [0.1, 0.15) is 5.82 Å². The van der Waals surface area contributed by atoms with Crippen molar-refractivity contribution >= 4 is 22.4 Å². The minimum absolute atomic E-state index is 0.00175. The van der Waals surface area contributed by atoms with Gasteiger partial charge in [0.2, 0.25) is 5.91 Å². The third-order valence-electron chi connectivity index (χ3n) is 5.69. The average Bonchev–Trinajstić information content (AvgIpc) is 3.42. The second kappa shape index (κ2) is 7.20. The number of carbonyl (C=O) groups excluding carboxylic acids is 1. The molecule has 5 rings (SSSR count). The smallest absolute Gasteiger partial charge is 0.223 e. The van der Waals surface area contributed by atoms with Gasteiger partial charge in [-0.3, -0.25) is 4.79 Å². The van der Waals surface area contributed by atoms with E-state index in [0.717, 1.165) is 87.4 Å². The predicted octanol–water partition coefficient (Wildman–Crippen LogP) is 0.939. The minimum Gasteiger partial charge on any atom is -0.378 e.